The van der Waals surface area contributed by atoms with Crippen molar-refractivity contribution in [2.24, 2.45) is 5.41 Å². The molecular weight excluding hydrogens is 308 g/mol. The number of nitrogens with one attached hydrogen (secondary N) is 2. The summed E-state index contributed by atoms with van der Waals surface area (Å²) in [6.45, 7) is 3.97. The van der Waals surface area contributed by atoms with Crippen LogP contribution in [0, 0.1) is 12.3 Å². The predicted molar refractivity (Wildman–Crippen MR) is 79.3 cm³/mol. The Morgan fingerprint density at radius 2 is 2.37 bits per heavy atom. The Morgan fingerprint density at radius 1 is 1.58 bits per heavy atom. The molecule has 1 aliphatic rings. The van der Waals surface area contributed by atoms with E-state index in [9.17, 15) is 4.79 Å². The molecule has 4 nitrogen and oxygen atoms in total. The summed E-state index contributed by atoms with van der Waals surface area (Å²) < 4.78 is 6.26. The second-order valence-electron chi connectivity index (χ2n) is 5.06. The minimum Gasteiger partial charge on any atom is -0.384 e. The molecule has 1 aliphatic heterocycles. The first-order valence-corrected chi connectivity index (χ1v) is 7.14. The molecule has 1 amide bonds. The summed E-state index contributed by atoms with van der Waals surface area (Å²) in [5.41, 5.74) is 1.48. The van der Waals surface area contributed by atoms with Gasteiger partial charge >= 0.3 is 0 Å². The summed E-state index contributed by atoms with van der Waals surface area (Å²) in [4.78, 5) is 12.5. The van der Waals surface area contributed by atoms with Gasteiger partial charge in [0.2, 0.25) is 5.91 Å². The van der Waals surface area contributed by atoms with Crippen LogP contribution in [-0.4, -0.2) is 32.7 Å². The molecule has 0 radical (unpaired) electrons. The highest BCUT2D eigenvalue weighted by molar-refractivity contribution is 9.10. The van der Waals surface area contributed by atoms with E-state index in [1.165, 1.54) is 0 Å². The molecule has 2 rings (SSSR count). The van der Waals surface area contributed by atoms with Crippen LogP contribution in [0.2, 0.25) is 0 Å². The quantitative estimate of drug-likeness (QED) is 0.892. The van der Waals surface area contributed by atoms with Gasteiger partial charge in [-0.25, -0.2) is 0 Å². The molecule has 1 atom stereocenters. The number of methoxy groups -OCH3 is 1. The monoisotopic (exact) mass is 326 g/mol. The van der Waals surface area contributed by atoms with E-state index in [1.807, 2.05) is 25.1 Å². The Labute approximate surface area is 122 Å². The first-order valence-electron chi connectivity index (χ1n) is 6.35. The fourth-order valence-corrected chi connectivity index (χ4v) is 2.64. The fraction of sp³-hybridized carbons (Fsp3) is 0.500. The van der Waals surface area contributed by atoms with Crippen molar-refractivity contribution in [3.05, 3.63) is 28.2 Å². The Morgan fingerprint density at radius 3 is 2.95 bits per heavy atom. The number of hydrogen-bond acceptors (Lipinski definition) is 3. The van der Waals surface area contributed by atoms with Crippen molar-refractivity contribution in [1.82, 2.24) is 5.32 Å². The molecular formula is C14H19BrN2O2. The number of hydrogen-bond donors (Lipinski definition) is 2. The molecule has 0 bridgehead atoms. The van der Waals surface area contributed by atoms with E-state index in [-0.39, 0.29) is 5.91 Å². The topological polar surface area (TPSA) is 50.4 Å². The summed E-state index contributed by atoms with van der Waals surface area (Å²) >= 11 is 3.45. The first-order chi connectivity index (χ1) is 9.07. The average Bonchev–Trinajstić information content (AvgIpc) is 2.84. The number of benzene rings is 1. The number of amides is 1. The molecule has 2 N–H and O–H groups in total. The van der Waals surface area contributed by atoms with Gasteiger partial charge in [0.15, 0.2) is 0 Å². The third kappa shape index (κ3) is 3.16. The van der Waals surface area contributed by atoms with Gasteiger partial charge in [0, 0.05) is 23.8 Å². The SMILES string of the molecule is COCC1(C(=O)Nc2ccc(Br)c(C)c2)CCNC1. The molecule has 1 aromatic carbocycles. The summed E-state index contributed by atoms with van der Waals surface area (Å²) in [5.74, 6) is 0.0288. The van der Waals surface area contributed by atoms with Gasteiger partial charge in [0.25, 0.3) is 0 Å². The minimum atomic E-state index is -0.449. The van der Waals surface area contributed by atoms with E-state index < -0.39 is 5.41 Å². The van der Waals surface area contributed by atoms with Gasteiger partial charge in [-0.05, 0) is 43.7 Å². The number of aryl methyl sites for hydroxylation is 1. The standard InChI is InChI=1S/C14H19BrN2O2/c1-10-7-11(3-4-12(10)15)17-13(18)14(9-19-2)5-6-16-8-14/h3-4,7,16H,5-6,8-9H2,1-2H3,(H,17,18). The molecule has 0 saturated carbocycles. The van der Waals surface area contributed by atoms with Gasteiger partial charge in [0.1, 0.15) is 0 Å². The van der Waals surface area contributed by atoms with Crippen LogP contribution >= 0.6 is 15.9 Å². The summed E-state index contributed by atoms with van der Waals surface area (Å²) in [6, 6.07) is 5.81. The van der Waals surface area contributed by atoms with Crippen molar-refractivity contribution in [2.75, 3.05) is 32.1 Å². The Hall–Kier alpha value is -0.910. The second-order valence-corrected chi connectivity index (χ2v) is 5.91. The van der Waals surface area contributed by atoms with Gasteiger partial charge in [0.05, 0.1) is 12.0 Å². The summed E-state index contributed by atoms with van der Waals surface area (Å²) in [5, 5.41) is 6.23. The molecule has 5 heteroatoms. The number of anilines is 1. The van der Waals surface area contributed by atoms with Crippen LogP contribution in [-0.2, 0) is 9.53 Å². The Balaban J connectivity index is 2.12. The third-order valence-corrected chi connectivity index (χ3v) is 4.45. The molecule has 0 aromatic heterocycles. The van der Waals surface area contributed by atoms with Crippen molar-refractivity contribution in [2.45, 2.75) is 13.3 Å². The third-order valence-electron chi connectivity index (χ3n) is 3.56. The van der Waals surface area contributed by atoms with Crippen molar-refractivity contribution in [1.29, 1.82) is 0 Å². The van der Waals surface area contributed by atoms with Crippen molar-refractivity contribution >= 4 is 27.5 Å². The number of carbonyl (C=O) groups excluding carboxylic acids is 1. The van der Waals surface area contributed by atoms with Crippen LogP contribution in [0.1, 0.15) is 12.0 Å². The van der Waals surface area contributed by atoms with Crippen LogP contribution in [0.4, 0.5) is 5.69 Å². The number of carbonyl (C=O) groups is 1. The lowest BCUT2D eigenvalue weighted by Crippen LogP contribution is -2.41. The van der Waals surface area contributed by atoms with E-state index >= 15 is 0 Å². The predicted octanol–water partition coefficient (Wildman–Crippen LogP) is 2.32. The molecule has 1 unspecified atom stereocenters. The molecule has 1 fully saturated rings. The molecule has 1 saturated heterocycles. The van der Waals surface area contributed by atoms with Crippen molar-refractivity contribution in [3.8, 4) is 0 Å². The van der Waals surface area contributed by atoms with Crippen LogP contribution in [0.15, 0.2) is 22.7 Å². The average molecular weight is 327 g/mol. The molecule has 19 heavy (non-hydrogen) atoms. The van der Waals surface area contributed by atoms with Crippen LogP contribution in [0.3, 0.4) is 0 Å². The zero-order valence-electron chi connectivity index (χ0n) is 11.3. The maximum atomic E-state index is 12.5. The van der Waals surface area contributed by atoms with Crippen LogP contribution in [0.25, 0.3) is 0 Å². The van der Waals surface area contributed by atoms with E-state index in [1.54, 1.807) is 7.11 Å². The van der Waals surface area contributed by atoms with Crippen molar-refractivity contribution < 1.29 is 9.53 Å². The summed E-state index contributed by atoms with van der Waals surface area (Å²) in [6.07, 6.45) is 0.808. The normalized spacial score (nSPS) is 22.5. The molecule has 1 aromatic rings. The van der Waals surface area contributed by atoms with E-state index in [2.05, 4.69) is 26.6 Å². The molecule has 104 valence electrons. The Bertz CT molecular complexity index is 471. The smallest absolute Gasteiger partial charge is 0.234 e. The zero-order valence-corrected chi connectivity index (χ0v) is 12.8. The van der Waals surface area contributed by atoms with E-state index in [0.717, 1.165) is 28.7 Å². The van der Waals surface area contributed by atoms with Gasteiger partial charge in [-0.1, -0.05) is 15.9 Å². The summed E-state index contributed by atoms with van der Waals surface area (Å²) in [7, 11) is 1.64. The number of rotatable bonds is 4. The fourth-order valence-electron chi connectivity index (χ4n) is 2.39. The Kier molecular flexibility index (Phi) is 4.60. The molecule has 0 aliphatic carbocycles. The maximum Gasteiger partial charge on any atom is 0.234 e. The highest BCUT2D eigenvalue weighted by Crippen LogP contribution is 2.28. The van der Waals surface area contributed by atoms with E-state index in [4.69, 9.17) is 4.74 Å². The van der Waals surface area contributed by atoms with E-state index in [0.29, 0.717) is 13.2 Å². The second kappa shape index (κ2) is 6.03. The lowest BCUT2D eigenvalue weighted by Gasteiger charge is -2.26. The van der Waals surface area contributed by atoms with Crippen LogP contribution < -0.4 is 10.6 Å². The van der Waals surface area contributed by atoms with Crippen LogP contribution in [0.5, 0.6) is 0 Å². The van der Waals surface area contributed by atoms with Gasteiger partial charge in [-0.3, -0.25) is 4.79 Å². The number of ether oxygens (including phenoxy) is 1. The lowest BCUT2D eigenvalue weighted by molar-refractivity contribution is -0.127. The zero-order chi connectivity index (χ0) is 13.9. The number of halogens is 1. The highest BCUT2D eigenvalue weighted by atomic mass is 79.9. The maximum absolute atomic E-state index is 12.5. The highest BCUT2D eigenvalue weighted by Gasteiger charge is 2.41. The van der Waals surface area contributed by atoms with Gasteiger partial charge in [-0.2, -0.15) is 0 Å². The first kappa shape index (κ1) is 14.5. The van der Waals surface area contributed by atoms with Gasteiger partial charge < -0.3 is 15.4 Å². The lowest BCUT2D eigenvalue weighted by atomic mass is 9.87. The largest absolute Gasteiger partial charge is 0.384 e. The van der Waals surface area contributed by atoms with Gasteiger partial charge in [-0.15, -0.1) is 0 Å². The molecule has 0 spiro atoms. The molecule has 1 heterocycles. The minimum absolute atomic E-state index is 0.0288. The van der Waals surface area contributed by atoms with Crippen molar-refractivity contribution in [3.63, 3.8) is 0 Å².